The average Bonchev–Trinajstić information content (AvgIpc) is 2.91. The van der Waals surface area contributed by atoms with Crippen LogP contribution in [0.2, 0.25) is 10.0 Å². The zero-order valence-corrected chi connectivity index (χ0v) is 19.2. The number of carbonyl (C=O) groups excluding carboxylic acids is 1. The molecule has 5 nitrogen and oxygen atoms in total. The molecule has 0 saturated carbocycles. The lowest BCUT2D eigenvalue weighted by Crippen LogP contribution is -2.44. The van der Waals surface area contributed by atoms with E-state index in [4.69, 9.17) is 23.2 Å². The van der Waals surface area contributed by atoms with Crippen molar-refractivity contribution in [1.82, 2.24) is 4.31 Å². The van der Waals surface area contributed by atoms with Gasteiger partial charge in [0, 0.05) is 22.7 Å². The number of nitrogens with zero attached hydrogens (tertiary/aromatic N) is 2. The highest BCUT2D eigenvalue weighted by Gasteiger charge is 2.33. The van der Waals surface area contributed by atoms with Crippen LogP contribution >= 0.6 is 39.1 Å². The minimum absolute atomic E-state index is 0.0386. The zero-order chi connectivity index (χ0) is 20.6. The van der Waals surface area contributed by atoms with Crippen molar-refractivity contribution in [2.75, 3.05) is 17.7 Å². The van der Waals surface area contributed by atoms with Gasteiger partial charge < -0.3 is 4.90 Å². The second-order valence-corrected chi connectivity index (χ2v) is 10.6. The van der Waals surface area contributed by atoms with Crippen molar-refractivity contribution in [3.63, 3.8) is 0 Å². The summed E-state index contributed by atoms with van der Waals surface area (Å²) in [6.45, 7) is 1.74. The number of hydrogen-bond acceptors (Lipinski definition) is 3. The summed E-state index contributed by atoms with van der Waals surface area (Å²) in [5.74, 6) is -0.265. The average molecular weight is 506 g/mol. The Hall–Kier alpha value is -1.12. The number of benzene rings is 2. The molecule has 0 radical (unpaired) electrons. The van der Waals surface area contributed by atoms with Crippen molar-refractivity contribution in [2.45, 2.75) is 25.9 Å². The minimum atomic E-state index is -3.61. The van der Waals surface area contributed by atoms with Crippen LogP contribution in [0.15, 0.2) is 40.9 Å². The van der Waals surface area contributed by atoms with Gasteiger partial charge in [0.25, 0.3) is 0 Å². The molecule has 0 bridgehead atoms. The molecule has 1 aliphatic heterocycles. The maximum absolute atomic E-state index is 13.0. The van der Waals surface area contributed by atoms with Gasteiger partial charge in [0.15, 0.2) is 0 Å². The van der Waals surface area contributed by atoms with Gasteiger partial charge >= 0.3 is 0 Å². The first-order valence-electron chi connectivity index (χ1n) is 8.56. The van der Waals surface area contributed by atoms with E-state index in [1.54, 1.807) is 23.1 Å². The fraction of sp³-hybridized carbons (Fsp3) is 0.316. The molecule has 0 aliphatic carbocycles. The summed E-state index contributed by atoms with van der Waals surface area (Å²) < 4.78 is 26.7. The van der Waals surface area contributed by atoms with Crippen LogP contribution in [0.1, 0.15) is 18.1 Å². The second kappa shape index (κ2) is 8.32. The first-order chi connectivity index (χ1) is 13.1. The summed E-state index contributed by atoms with van der Waals surface area (Å²) in [5, 5.41) is 0.729. The van der Waals surface area contributed by atoms with Gasteiger partial charge in [-0.3, -0.25) is 4.79 Å². The van der Waals surface area contributed by atoms with E-state index in [-0.39, 0.29) is 25.0 Å². The molecule has 1 atom stereocenters. The topological polar surface area (TPSA) is 57.7 Å². The molecule has 0 fully saturated rings. The highest BCUT2D eigenvalue weighted by atomic mass is 79.9. The lowest BCUT2D eigenvalue weighted by molar-refractivity contribution is -0.119. The normalized spacial score (nSPS) is 16.5. The van der Waals surface area contributed by atoms with E-state index in [1.165, 1.54) is 0 Å². The first kappa shape index (κ1) is 21.6. The number of sulfonamides is 1. The summed E-state index contributed by atoms with van der Waals surface area (Å²) >= 11 is 15.4. The Morgan fingerprint density at radius 1 is 1.21 bits per heavy atom. The van der Waals surface area contributed by atoms with E-state index in [2.05, 4.69) is 15.9 Å². The highest BCUT2D eigenvalue weighted by molar-refractivity contribution is 9.10. The number of anilines is 1. The molecule has 1 unspecified atom stereocenters. The number of fused-ring (bicyclic) bond motifs is 1. The van der Waals surface area contributed by atoms with E-state index in [1.807, 2.05) is 25.1 Å². The number of halogens is 3. The van der Waals surface area contributed by atoms with E-state index in [0.717, 1.165) is 32.7 Å². The zero-order valence-electron chi connectivity index (χ0n) is 15.3. The smallest absolute Gasteiger partial charge is 0.242 e. The van der Waals surface area contributed by atoms with Crippen LogP contribution in [-0.4, -0.2) is 37.5 Å². The molecule has 0 spiro atoms. The maximum Gasteiger partial charge on any atom is 0.242 e. The van der Waals surface area contributed by atoms with Gasteiger partial charge in [0.2, 0.25) is 15.9 Å². The van der Waals surface area contributed by atoms with Crippen LogP contribution in [0, 0.1) is 0 Å². The summed E-state index contributed by atoms with van der Waals surface area (Å²) in [4.78, 5) is 14.7. The Bertz CT molecular complexity index is 1030. The Kier molecular flexibility index (Phi) is 6.41. The third-order valence-electron chi connectivity index (χ3n) is 4.65. The third kappa shape index (κ3) is 4.71. The molecule has 1 aliphatic rings. The minimum Gasteiger partial charge on any atom is -0.308 e. The van der Waals surface area contributed by atoms with Crippen molar-refractivity contribution in [3.05, 3.63) is 62.0 Å². The van der Waals surface area contributed by atoms with Crippen LogP contribution in [0.25, 0.3) is 0 Å². The number of amides is 1. The van der Waals surface area contributed by atoms with E-state index < -0.39 is 10.0 Å². The maximum atomic E-state index is 13.0. The van der Waals surface area contributed by atoms with E-state index in [9.17, 15) is 13.2 Å². The second-order valence-electron chi connectivity index (χ2n) is 6.87. The molecular formula is C19H19BrCl2N2O3S. The molecule has 28 heavy (non-hydrogen) atoms. The van der Waals surface area contributed by atoms with E-state index in [0.29, 0.717) is 15.6 Å². The summed E-state index contributed by atoms with van der Waals surface area (Å²) in [7, 11) is -3.61. The van der Waals surface area contributed by atoms with Crippen LogP contribution in [-0.2, 0) is 27.8 Å². The first-order valence-corrected chi connectivity index (χ1v) is 12.0. The molecule has 150 valence electrons. The van der Waals surface area contributed by atoms with E-state index >= 15 is 0 Å². The monoisotopic (exact) mass is 504 g/mol. The molecule has 2 aromatic rings. The molecule has 9 heteroatoms. The lowest BCUT2D eigenvalue weighted by atomic mass is 10.1. The fourth-order valence-corrected chi connectivity index (χ4v) is 4.80. The SMILES string of the molecule is CC1Cc2cc(Br)ccc2N1C(=O)CN(Cc1ccc(Cl)c(Cl)c1)S(C)(=O)=O. The Morgan fingerprint density at radius 3 is 2.57 bits per heavy atom. The quantitative estimate of drug-likeness (QED) is 0.601. The summed E-state index contributed by atoms with van der Waals surface area (Å²) in [5.41, 5.74) is 2.54. The van der Waals surface area contributed by atoms with Gasteiger partial charge in [-0.25, -0.2) is 8.42 Å². The van der Waals surface area contributed by atoms with Crippen molar-refractivity contribution >= 4 is 60.7 Å². The molecule has 1 amide bonds. The van der Waals surface area contributed by atoms with Crippen LogP contribution in [0.3, 0.4) is 0 Å². The van der Waals surface area contributed by atoms with Crippen LogP contribution in [0.5, 0.6) is 0 Å². The highest BCUT2D eigenvalue weighted by Crippen LogP contribution is 2.34. The number of carbonyl (C=O) groups is 1. The predicted octanol–water partition coefficient (Wildman–Crippen LogP) is 4.50. The predicted molar refractivity (Wildman–Crippen MR) is 117 cm³/mol. The molecule has 0 aromatic heterocycles. The molecule has 1 heterocycles. The van der Waals surface area contributed by atoms with Crippen LogP contribution < -0.4 is 4.90 Å². The van der Waals surface area contributed by atoms with Gasteiger partial charge in [-0.1, -0.05) is 45.2 Å². The van der Waals surface area contributed by atoms with Crippen molar-refractivity contribution in [1.29, 1.82) is 0 Å². The Balaban J connectivity index is 1.84. The van der Waals surface area contributed by atoms with Crippen molar-refractivity contribution in [2.24, 2.45) is 0 Å². The molecule has 3 rings (SSSR count). The fourth-order valence-electron chi connectivity index (χ4n) is 3.34. The Morgan fingerprint density at radius 2 is 1.93 bits per heavy atom. The molecule has 2 aromatic carbocycles. The lowest BCUT2D eigenvalue weighted by Gasteiger charge is -2.27. The van der Waals surface area contributed by atoms with Gasteiger partial charge in [0.1, 0.15) is 0 Å². The standard InChI is InChI=1S/C19H19BrCl2N2O3S/c1-12-7-14-9-15(20)4-6-18(14)24(12)19(25)11-23(28(2,26)27)10-13-3-5-16(21)17(22)8-13/h3-6,8-9,12H,7,10-11H2,1-2H3. The van der Waals surface area contributed by atoms with Crippen molar-refractivity contribution in [3.8, 4) is 0 Å². The molecule has 0 saturated heterocycles. The number of hydrogen-bond donors (Lipinski definition) is 0. The van der Waals surface area contributed by atoms with Crippen molar-refractivity contribution < 1.29 is 13.2 Å². The van der Waals surface area contributed by atoms with Gasteiger partial charge in [-0.15, -0.1) is 0 Å². The summed E-state index contributed by atoms with van der Waals surface area (Å²) in [6, 6.07) is 10.6. The Labute approximate surface area is 183 Å². The van der Waals surface area contributed by atoms with Crippen LogP contribution in [0.4, 0.5) is 5.69 Å². The number of rotatable bonds is 5. The molecule has 0 N–H and O–H groups in total. The van der Waals surface area contributed by atoms with Gasteiger partial charge in [-0.2, -0.15) is 4.31 Å². The largest absolute Gasteiger partial charge is 0.308 e. The van der Waals surface area contributed by atoms with Gasteiger partial charge in [0.05, 0.1) is 22.8 Å². The molecular weight excluding hydrogens is 487 g/mol. The third-order valence-corrected chi connectivity index (χ3v) is 7.08. The summed E-state index contributed by atoms with van der Waals surface area (Å²) in [6.07, 6.45) is 1.82. The van der Waals surface area contributed by atoms with Gasteiger partial charge in [-0.05, 0) is 54.8 Å².